The Hall–Kier alpha value is -1.67. The number of benzene rings is 1. The highest BCUT2D eigenvalue weighted by atomic mass is 19.4. The van der Waals surface area contributed by atoms with Crippen molar-refractivity contribution in [3.05, 3.63) is 17.7 Å². The smallest absolute Gasteiger partial charge is 0.418 e. The molecule has 1 aliphatic heterocycles. The van der Waals surface area contributed by atoms with E-state index in [2.05, 4.69) is 0 Å². The van der Waals surface area contributed by atoms with Crippen LogP contribution in [-0.2, 0) is 9.47 Å². The van der Waals surface area contributed by atoms with Gasteiger partial charge in [-0.2, -0.15) is 13.2 Å². The molecule has 0 saturated carbocycles. The van der Waals surface area contributed by atoms with Gasteiger partial charge in [0.05, 0.1) is 34.5 Å². The molecule has 1 aromatic rings. The molecule has 0 aromatic heterocycles. The van der Waals surface area contributed by atoms with Crippen molar-refractivity contribution in [2.75, 3.05) is 34.5 Å². The van der Waals surface area contributed by atoms with Gasteiger partial charge in [-0.05, 0) is 17.7 Å². The minimum Gasteiger partial charge on any atom is -0.493 e. The van der Waals surface area contributed by atoms with Crippen molar-refractivity contribution in [3.63, 3.8) is 0 Å². The summed E-state index contributed by atoms with van der Waals surface area (Å²) in [6.45, 7) is 0.292. The first-order valence-electron chi connectivity index (χ1n) is 6.50. The Bertz CT molecular complexity index is 489. The zero-order valence-electron chi connectivity index (χ0n) is 12.4. The normalized spacial score (nSPS) is 18.7. The maximum Gasteiger partial charge on any atom is 0.418 e. The van der Waals surface area contributed by atoms with E-state index in [0.29, 0.717) is 6.61 Å². The summed E-state index contributed by atoms with van der Waals surface area (Å²) in [5.74, 6) is 0.495. The number of methoxy groups -OCH3 is 3. The highest BCUT2D eigenvalue weighted by Crippen LogP contribution is 2.44. The number of alkyl halides is 3. The van der Waals surface area contributed by atoms with Crippen LogP contribution in [0.15, 0.2) is 12.1 Å². The first-order chi connectivity index (χ1) is 10.4. The zero-order valence-corrected chi connectivity index (χ0v) is 12.4. The first kappa shape index (κ1) is 16.7. The van der Waals surface area contributed by atoms with Gasteiger partial charge in [-0.25, -0.2) is 0 Å². The van der Waals surface area contributed by atoms with Crippen LogP contribution in [0.4, 0.5) is 13.2 Å². The van der Waals surface area contributed by atoms with Crippen LogP contribution in [0.1, 0.15) is 11.7 Å². The third-order valence-electron chi connectivity index (χ3n) is 3.14. The Morgan fingerprint density at radius 3 is 2.05 bits per heavy atom. The molecule has 2 atom stereocenters. The lowest BCUT2D eigenvalue weighted by Crippen LogP contribution is -2.25. The van der Waals surface area contributed by atoms with Crippen LogP contribution in [0, 0.1) is 0 Å². The quantitative estimate of drug-likeness (QED) is 0.723. The van der Waals surface area contributed by atoms with Gasteiger partial charge in [0.15, 0.2) is 17.6 Å². The molecule has 1 fully saturated rings. The van der Waals surface area contributed by atoms with Gasteiger partial charge in [-0.1, -0.05) is 0 Å². The average molecular weight is 322 g/mol. The first-order valence-corrected chi connectivity index (χ1v) is 6.50. The summed E-state index contributed by atoms with van der Waals surface area (Å²) in [5, 5.41) is 0. The largest absolute Gasteiger partial charge is 0.493 e. The summed E-state index contributed by atoms with van der Waals surface area (Å²) in [5.41, 5.74) is -0.123. The molecule has 0 amide bonds. The van der Waals surface area contributed by atoms with Crippen LogP contribution in [0.3, 0.4) is 0 Å². The SMILES string of the molecule is COc1cc([C@@H](OC[C@H]2CO2)C(F)(F)F)cc(OC)c1OC. The molecule has 1 saturated heterocycles. The van der Waals surface area contributed by atoms with E-state index in [0.717, 1.165) is 0 Å². The van der Waals surface area contributed by atoms with Gasteiger partial charge >= 0.3 is 6.18 Å². The average Bonchev–Trinajstić information content (AvgIpc) is 3.29. The maximum atomic E-state index is 13.3. The van der Waals surface area contributed by atoms with Gasteiger partial charge in [0, 0.05) is 0 Å². The van der Waals surface area contributed by atoms with Crippen LogP contribution in [0.2, 0.25) is 0 Å². The number of hydrogen-bond acceptors (Lipinski definition) is 5. The van der Waals surface area contributed by atoms with E-state index in [1.807, 2.05) is 0 Å². The minimum atomic E-state index is -4.57. The number of hydrogen-bond donors (Lipinski definition) is 0. The Morgan fingerprint density at radius 1 is 1.14 bits per heavy atom. The Labute approximate surface area is 125 Å². The highest BCUT2D eigenvalue weighted by molar-refractivity contribution is 5.54. The fourth-order valence-corrected chi connectivity index (χ4v) is 2.00. The lowest BCUT2D eigenvalue weighted by Gasteiger charge is -2.23. The zero-order chi connectivity index (χ0) is 16.3. The van der Waals surface area contributed by atoms with E-state index in [-0.39, 0.29) is 35.5 Å². The second-order valence-corrected chi connectivity index (χ2v) is 4.67. The lowest BCUT2D eigenvalue weighted by atomic mass is 10.1. The second-order valence-electron chi connectivity index (χ2n) is 4.67. The van der Waals surface area contributed by atoms with Crippen LogP contribution in [-0.4, -0.2) is 46.8 Å². The molecule has 1 aliphatic rings. The molecule has 2 rings (SSSR count). The van der Waals surface area contributed by atoms with Crippen LogP contribution in [0.25, 0.3) is 0 Å². The van der Waals surface area contributed by atoms with Gasteiger partial charge in [0.25, 0.3) is 0 Å². The number of ether oxygens (including phenoxy) is 5. The Kier molecular flexibility index (Phi) is 5.02. The van der Waals surface area contributed by atoms with Gasteiger partial charge < -0.3 is 23.7 Å². The molecule has 124 valence electrons. The van der Waals surface area contributed by atoms with Gasteiger partial charge in [-0.3, -0.25) is 0 Å². The summed E-state index contributed by atoms with van der Waals surface area (Å²) in [4.78, 5) is 0. The monoisotopic (exact) mass is 322 g/mol. The summed E-state index contributed by atoms with van der Waals surface area (Å²) in [7, 11) is 4.05. The van der Waals surface area contributed by atoms with Gasteiger partial charge in [-0.15, -0.1) is 0 Å². The van der Waals surface area contributed by atoms with Crippen molar-refractivity contribution in [1.29, 1.82) is 0 Å². The predicted octanol–water partition coefficient (Wildman–Crippen LogP) is 2.73. The van der Waals surface area contributed by atoms with Crippen molar-refractivity contribution in [3.8, 4) is 17.2 Å². The topological polar surface area (TPSA) is 49.5 Å². The fourth-order valence-electron chi connectivity index (χ4n) is 2.00. The molecule has 1 heterocycles. The Morgan fingerprint density at radius 2 is 1.68 bits per heavy atom. The summed E-state index contributed by atoms with van der Waals surface area (Å²) >= 11 is 0. The van der Waals surface area contributed by atoms with E-state index in [4.69, 9.17) is 23.7 Å². The third kappa shape index (κ3) is 3.75. The standard InChI is InChI=1S/C14H17F3O5/c1-18-10-4-8(5-11(19-2)12(10)20-3)13(14(15,16)17)22-7-9-6-21-9/h4-5,9,13H,6-7H2,1-3H3/t9-,13-/m1/s1. The molecule has 8 heteroatoms. The molecular weight excluding hydrogens is 305 g/mol. The van der Waals surface area contributed by atoms with Gasteiger partial charge in [0.1, 0.15) is 6.10 Å². The molecule has 0 radical (unpaired) electrons. The summed E-state index contributed by atoms with van der Waals surface area (Å²) in [6.07, 6.45) is -6.93. The van der Waals surface area contributed by atoms with E-state index in [1.54, 1.807) is 0 Å². The number of rotatable bonds is 7. The molecule has 0 spiro atoms. The second kappa shape index (κ2) is 6.62. The van der Waals surface area contributed by atoms with Crippen molar-refractivity contribution in [2.45, 2.75) is 18.4 Å². The van der Waals surface area contributed by atoms with E-state index >= 15 is 0 Å². The molecule has 5 nitrogen and oxygen atoms in total. The van der Waals surface area contributed by atoms with Crippen molar-refractivity contribution >= 4 is 0 Å². The molecule has 0 N–H and O–H groups in total. The molecule has 22 heavy (non-hydrogen) atoms. The number of epoxide rings is 1. The molecule has 0 aliphatic carbocycles. The molecule has 0 bridgehead atoms. The predicted molar refractivity (Wildman–Crippen MR) is 70.6 cm³/mol. The molecule has 0 unspecified atom stereocenters. The molecule has 1 aromatic carbocycles. The minimum absolute atomic E-state index is 0.123. The third-order valence-corrected chi connectivity index (χ3v) is 3.14. The maximum absolute atomic E-state index is 13.3. The fraction of sp³-hybridized carbons (Fsp3) is 0.571. The Balaban J connectivity index is 2.36. The molecular formula is C14H17F3O5. The summed E-state index contributed by atoms with van der Waals surface area (Å²) < 4.78 is 64.8. The van der Waals surface area contributed by atoms with Crippen LogP contribution < -0.4 is 14.2 Å². The van der Waals surface area contributed by atoms with E-state index in [9.17, 15) is 13.2 Å². The van der Waals surface area contributed by atoms with Crippen molar-refractivity contribution < 1.29 is 36.9 Å². The van der Waals surface area contributed by atoms with Crippen LogP contribution in [0.5, 0.6) is 17.2 Å². The van der Waals surface area contributed by atoms with Gasteiger partial charge in [0.2, 0.25) is 5.75 Å². The van der Waals surface area contributed by atoms with Crippen molar-refractivity contribution in [1.82, 2.24) is 0 Å². The van der Waals surface area contributed by atoms with E-state index < -0.39 is 12.3 Å². The van der Waals surface area contributed by atoms with Crippen molar-refractivity contribution in [2.24, 2.45) is 0 Å². The highest BCUT2D eigenvalue weighted by Gasteiger charge is 2.43. The van der Waals surface area contributed by atoms with E-state index in [1.165, 1.54) is 33.5 Å². The number of halogens is 3. The lowest BCUT2D eigenvalue weighted by molar-refractivity contribution is -0.224. The van der Waals surface area contributed by atoms with Crippen LogP contribution >= 0.6 is 0 Å². The summed E-state index contributed by atoms with van der Waals surface area (Å²) in [6, 6.07) is 2.46.